The van der Waals surface area contributed by atoms with Gasteiger partial charge in [0.2, 0.25) is 5.91 Å². The number of anilines is 1. The molecule has 0 saturated carbocycles. The Morgan fingerprint density at radius 2 is 2.17 bits per heavy atom. The zero-order valence-corrected chi connectivity index (χ0v) is 14.2. The van der Waals surface area contributed by atoms with Crippen LogP contribution in [0.15, 0.2) is 12.4 Å². The number of piperidine rings is 1. The predicted molar refractivity (Wildman–Crippen MR) is 89.7 cm³/mol. The van der Waals surface area contributed by atoms with E-state index in [1.165, 1.54) is 0 Å². The van der Waals surface area contributed by atoms with Gasteiger partial charge >= 0.3 is 0 Å². The number of rotatable bonds is 5. The molecular formula is C17H26N4O3. The minimum Gasteiger partial charge on any atom is -0.354 e. The molecule has 3 heterocycles. The number of aromatic nitrogens is 2. The summed E-state index contributed by atoms with van der Waals surface area (Å²) >= 11 is 0. The minimum absolute atomic E-state index is 0.00863. The van der Waals surface area contributed by atoms with Gasteiger partial charge in [0.15, 0.2) is 6.29 Å². The SMILES string of the molecule is CCc1cc(N2CCC[C@H](NC(=O)CC3OCCCO3)C2)ncn1. The number of hydrogen-bond donors (Lipinski definition) is 1. The first-order chi connectivity index (χ1) is 11.7. The van der Waals surface area contributed by atoms with Gasteiger partial charge in [-0.15, -0.1) is 0 Å². The molecular weight excluding hydrogens is 308 g/mol. The van der Waals surface area contributed by atoms with E-state index in [0.717, 1.165) is 50.3 Å². The van der Waals surface area contributed by atoms with Crippen molar-refractivity contribution in [3.05, 3.63) is 18.1 Å². The summed E-state index contributed by atoms with van der Waals surface area (Å²) in [6.45, 7) is 5.16. The van der Waals surface area contributed by atoms with Crippen molar-refractivity contribution in [3.8, 4) is 0 Å². The number of nitrogens with zero attached hydrogens (tertiary/aromatic N) is 3. The van der Waals surface area contributed by atoms with Crippen molar-refractivity contribution in [2.24, 2.45) is 0 Å². The molecule has 1 N–H and O–H groups in total. The van der Waals surface area contributed by atoms with Crippen LogP contribution in [0.5, 0.6) is 0 Å². The van der Waals surface area contributed by atoms with E-state index in [9.17, 15) is 4.79 Å². The number of ether oxygens (including phenoxy) is 2. The van der Waals surface area contributed by atoms with E-state index in [0.29, 0.717) is 13.2 Å². The third-order valence-electron chi connectivity index (χ3n) is 4.43. The van der Waals surface area contributed by atoms with E-state index in [2.05, 4.69) is 27.1 Å². The number of carbonyl (C=O) groups excluding carboxylic acids is 1. The normalized spacial score (nSPS) is 22.4. The van der Waals surface area contributed by atoms with Gasteiger partial charge in [0.05, 0.1) is 19.6 Å². The topological polar surface area (TPSA) is 76.6 Å². The summed E-state index contributed by atoms with van der Waals surface area (Å²) < 4.78 is 10.9. The fourth-order valence-corrected chi connectivity index (χ4v) is 3.15. The molecule has 2 saturated heterocycles. The number of carbonyl (C=O) groups is 1. The lowest BCUT2D eigenvalue weighted by molar-refractivity contribution is -0.184. The molecule has 1 aromatic heterocycles. The van der Waals surface area contributed by atoms with Gasteiger partial charge < -0.3 is 19.7 Å². The van der Waals surface area contributed by atoms with Crippen LogP contribution in [-0.2, 0) is 20.7 Å². The van der Waals surface area contributed by atoms with Crippen molar-refractivity contribution < 1.29 is 14.3 Å². The Balaban J connectivity index is 1.52. The van der Waals surface area contributed by atoms with Gasteiger partial charge in [-0.1, -0.05) is 6.92 Å². The molecule has 0 radical (unpaired) electrons. The molecule has 0 unspecified atom stereocenters. The molecule has 1 atom stereocenters. The van der Waals surface area contributed by atoms with Crippen LogP contribution in [0.25, 0.3) is 0 Å². The van der Waals surface area contributed by atoms with E-state index >= 15 is 0 Å². The minimum atomic E-state index is -0.396. The molecule has 0 aromatic carbocycles. The largest absolute Gasteiger partial charge is 0.354 e. The van der Waals surface area contributed by atoms with Crippen LogP contribution in [0.2, 0.25) is 0 Å². The molecule has 7 heteroatoms. The first kappa shape index (κ1) is 17.1. The van der Waals surface area contributed by atoms with Crippen molar-refractivity contribution in [3.63, 3.8) is 0 Å². The Morgan fingerprint density at radius 3 is 2.96 bits per heavy atom. The van der Waals surface area contributed by atoms with E-state index in [1.54, 1.807) is 6.33 Å². The average molecular weight is 334 g/mol. The highest BCUT2D eigenvalue weighted by Gasteiger charge is 2.24. The van der Waals surface area contributed by atoms with Crippen LogP contribution in [0.3, 0.4) is 0 Å². The summed E-state index contributed by atoms with van der Waals surface area (Å²) in [7, 11) is 0. The maximum atomic E-state index is 12.2. The molecule has 2 aliphatic rings. The Kier molecular flexibility index (Phi) is 5.98. The Hall–Kier alpha value is -1.73. The van der Waals surface area contributed by atoms with Gasteiger partial charge in [0, 0.05) is 30.9 Å². The predicted octanol–water partition coefficient (Wildman–Crippen LogP) is 1.28. The van der Waals surface area contributed by atoms with Crippen LogP contribution in [0.4, 0.5) is 5.82 Å². The number of amides is 1. The van der Waals surface area contributed by atoms with Crippen LogP contribution in [0, 0.1) is 0 Å². The molecule has 24 heavy (non-hydrogen) atoms. The third kappa shape index (κ3) is 4.64. The van der Waals surface area contributed by atoms with E-state index in [4.69, 9.17) is 9.47 Å². The molecule has 0 aliphatic carbocycles. The summed E-state index contributed by atoms with van der Waals surface area (Å²) in [4.78, 5) is 23.1. The Bertz CT molecular complexity index is 548. The lowest BCUT2D eigenvalue weighted by Gasteiger charge is -2.34. The molecule has 0 bridgehead atoms. The van der Waals surface area contributed by atoms with Gasteiger partial charge in [-0.2, -0.15) is 0 Å². The number of aryl methyl sites for hydroxylation is 1. The third-order valence-corrected chi connectivity index (χ3v) is 4.43. The number of hydrogen-bond acceptors (Lipinski definition) is 6. The fraction of sp³-hybridized carbons (Fsp3) is 0.706. The molecule has 2 fully saturated rings. The zero-order valence-electron chi connectivity index (χ0n) is 14.2. The highest BCUT2D eigenvalue weighted by Crippen LogP contribution is 2.18. The standard InChI is InChI=1S/C17H26N4O3/c1-2-13-9-15(19-12-18-13)21-6-3-5-14(11-21)20-16(22)10-17-23-7-4-8-24-17/h9,12,14,17H,2-8,10-11H2,1H3,(H,20,22)/t14-/m0/s1. The molecule has 1 amide bonds. The second kappa shape index (κ2) is 8.39. The Labute approximate surface area is 142 Å². The van der Waals surface area contributed by atoms with Gasteiger partial charge in [-0.25, -0.2) is 9.97 Å². The molecule has 7 nitrogen and oxygen atoms in total. The second-order valence-electron chi connectivity index (χ2n) is 6.30. The monoisotopic (exact) mass is 334 g/mol. The molecule has 1 aromatic rings. The van der Waals surface area contributed by atoms with Gasteiger partial charge in [0.1, 0.15) is 12.1 Å². The maximum absolute atomic E-state index is 12.2. The van der Waals surface area contributed by atoms with Crippen molar-refractivity contribution in [1.29, 1.82) is 0 Å². The van der Waals surface area contributed by atoms with Crippen LogP contribution in [-0.4, -0.2) is 54.5 Å². The zero-order chi connectivity index (χ0) is 16.8. The summed E-state index contributed by atoms with van der Waals surface area (Å²) in [5.74, 6) is 0.936. The van der Waals surface area contributed by atoms with Gasteiger partial charge in [-0.3, -0.25) is 4.79 Å². The fourth-order valence-electron chi connectivity index (χ4n) is 3.15. The molecule has 132 valence electrons. The first-order valence-corrected chi connectivity index (χ1v) is 8.83. The summed E-state index contributed by atoms with van der Waals surface area (Å²) in [5.41, 5.74) is 1.04. The smallest absolute Gasteiger partial charge is 0.225 e. The van der Waals surface area contributed by atoms with E-state index in [-0.39, 0.29) is 18.4 Å². The van der Waals surface area contributed by atoms with Gasteiger partial charge in [0.25, 0.3) is 0 Å². The summed E-state index contributed by atoms with van der Waals surface area (Å²) in [6.07, 6.45) is 5.30. The van der Waals surface area contributed by atoms with Crippen LogP contribution < -0.4 is 10.2 Å². The molecule has 2 aliphatic heterocycles. The summed E-state index contributed by atoms with van der Waals surface area (Å²) in [6, 6.07) is 2.17. The van der Waals surface area contributed by atoms with Crippen LogP contribution in [0.1, 0.15) is 38.3 Å². The van der Waals surface area contributed by atoms with Crippen molar-refractivity contribution in [2.75, 3.05) is 31.2 Å². The first-order valence-electron chi connectivity index (χ1n) is 8.83. The highest BCUT2D eigenvalue weighted by molar-refractivity contribution is 5.76. The lowest BCUT2D eigenvalue weighted by Crippen LogP contribution is -2.48. The Morgan fingerprint density at radius 1 is 1.33 bits per heavy atom. The molecule has 0 spiro atoms. The quantitative estimate of drug-likeness (QED) is 0.874. The van der Waals surface area contributed by atoms with Gasteiger partial charge in [-0.05, 0) is 25.7 Å². The van der Waals surface area contributed by atoms with Crippen molar-refractivity contribution in [2.45, 2.75) is 51.4 Å². The number of nitrogens with one attached hydrogen (secondary N) is 1. The van der Waals surface area contributed by atoms with Crippen LogP contribution >= 0.6 is 0 Å². The maximum Gasteiger partial charge on any atom is 0.225 e. The highest BCUT2D eigenvalue weighted by atomic mass is 16.7. The van der Waals surface area contributed by atoms with Crippen molar-refractivity contribution >= 4 is 11.7 Å². The van der Waals surface area contributed by atoms with E-state index in [1.807, 2.05) is 6.07 Å². The summed E-state index contributed by atoms with van der Waals surface area (Å²) in [5, 5.41) is 3.11. The average Bonchev–Trinajstić information content (AvgIpc) is 2.63. The van der Waals surface area contributed by atoms with Crippen molar-refractivity contribution in [1.82, 2.24) is 15.3 Å². The lowest BCUT2D eigenvalue weighted by atomic mass is 10.1. The molecule has 3 rings (SSSR count). The van der Waals surface area contributed by atoms with E-state index < -0.39 is 6.29 Å². The second-order valence-corrected chi connectivity index (χ2v) is 6.30.